The summed E-state index contributed by atoms with van der Waals surface area (Å²) in [7, 11) is 0. The lowest BCUT2D eigenvalue weighted by molar-refractivity contribution is 0.0473. The van der Waals surface area contributed by atoms with Gasteiger partial charge >= 0.3 is 5.97 Å². The summed E-state index contributed by atoms with van der Waals surface area (Å²) in [6, 6.07) is 15.0. The Labute approximate surface area is 125 Å². The van der Waals surface area contributed by atoms with Crippen LogP contribution in [0.4, 0.5) is 5.69 Å². The monoisotopic (exact) mass is 281 g/mol. The van der Waals surface area contributed by atoms with Gasteiger partial charge in [-0.15, -0.1) is 0 Å². The fourth-order valence-electron chi connectivity index (χ4n) is 1.91. The van der Waals surface area contributed by atoms with Crippen LogP contribution in [0.1, 0.15) is 28.4 Å². The molecule has 0 radical (unpaired) electrons. The minimum absolute atomic E-state index is 0.269. The van der Waals surface area contributed by atoms with Gasteiger partial charge in [-0.2, -0.15) is 0 Å². The molecule has 2 aromatic carbocycles. The van der Waals surface area contributed by atoms with Crippen molar-refractivity contribution in [1.29, 1.82) is 0 Å². The van der Waals surface area contributed by atoms with Gasteiger partial charge in [-0.1, -0.05) is 36.9 Å². The molecule has 0 saturated heterocycles. The van der Waals surface area contributed by atoms with E-state index in [0.29, 0.717) is 5.56 Å². The van der Waals surface area contributed by atoms with Crippen LogP contribution in [0.2, 0.25) is 0 Å². The lowest BCUT2D eigenvalue weighted by Crippen LogP contribution is -2.05. The summed E-state index contributed by atoms with van der Waals surface area (Å²) in [4.78, 5) is 12.0. The molecule has 0 aromatic heterocycles. The Morgan fingerprint density at radius 3 is 2.38 bits per heavy atom. The van der Waals surface area contributed by atoms with E-state index in [2.05, 4.69) is 11.9 Å². The van der Waals surface area contributed by atoms with E-state index in [9.17, 15) is 4.79 Å². The molecule has 0 bridgehead atoms. The number of hydrogen-bond acceptors (Lipinski definition) is 3. The minimum atomic E-state index is -0.314. The van der Waals surface area contributed by atoms with Crippen LogP contribution in [-0.2, 0) is 11.3 Å². The van der Waals surface area contributed by atoms with Crippen molar-refractivity contribution in [2.75, 3.05) is 11.9 Å². The Kier molecular flexibility index (Phi) is 5.16. The molecular weight excluding hydrogens is 262 g/mol. The van der Waals surface area contributed by atoms with Crippen LogP contribution >= 0.6 is 0 Å². The van der Waals surface area contributed by atoms with Crippen molar-refractivity contribution < 1.29 is 9.53 Å². The third kappa shape index (κ3) is 4.21. The Morgan fingerprint density at radius 2 is 1.81 bits per heavy atom. The summed E-state index contributed by atoms with van der Waals surface area (Å²) in [5.41, 5.74) is 3.55. The Balaban J connectivity index is 1.92. The smallest absolute Gasteiger partial charge is 0.338 e. The zero-order chi connectivity index (χ0) is 15.1. The predicted molar refractivity (Wildman–Crippen MR) is 86.3 cm³/mol. The summed E-state index contributed by atoms with van der Waals surface area (Å²) in [6.45, 7) is 6.85. The quantitative estimate of drug-likeness (QED) is 0.809. The van der Waals surface area contributed by atoms with E-state index < -0.39 is 0 Å². The topological polar surface area (TPSA) is 38.3 Å². The third-order valence-electron chi connectivity index (χ3n) is 3.09. The van der Waals surface area contributed by atoms with Crippen molar-refractivity contribution in [3.05, 3.63) is 71.8 Å². The van der Waals surface area contributed by atoms with E-state index in [-0.39, 0.29) is 12.6 Å². The predicted octanol–water partition coefficient (Wildman–Crippen LogP) is 4.12. The van der Waals surface area contributed by atoms with E-state index in [1.165, 1.54) is 0 Å². The second-order valence-electron chi connectivity index (χ2n) is 4.63. The SMILES string of the molecule is C=Cc1ccc(COC(=O)c2ccc(NCC)cc2)cc1. The van der Waals surface area contributed by atoms with Gasteiger partial charge in [0.05, 0.1) is 5.56 Å². The van der Waals surface area contributed by atoms with Gasteiger partial charge in [-0.3, -0.25) is 0 Å². The lowest BCUT2D eigenvalue weighted by atomic mass is 10.1. The molecule has 0 aliphatic heterocycles. The third-order valence-corrected chi connectivity index (χ3v) is 3.09. The molecule has 108 valence electrons. The summed E-state index contributed by atoms with van der Waals surface area (Å²) < 4.78 is 5.30. The number of hydrogen-bond donors (Lipinski definition) is 1. The number of anilines is 1. The van der Waals surface area contributed by atoms with Crippen molar-refractivity contribution >= 4 is 17.7 Å². The molecule has 0 atom stereocenters. The molecule has 3 heteroatoms. The van der Waals surface area contributed by atoms with Crippen LogP contribution in [0, 0.1) is 0 Å². The van der Waals surface area contributed by atoms with Gasteiger partial charge in [0.15, 0.2) is 0 Å². The van der Waals surface area contributed by atoms with Crippen LogP contribution in [0.25, 0.3) is 6.08 Å². The van der Waals surface area contributed by atoms with E-state index in [1.807, 2.05) is 43.3 Å². The molecule has 0 unspecified atom stereocenters. The first kappa shape index (κ1) is 14.9. The van der Waals surface area contributed by atoms with Crippen molar-refractivity contribution in [3.8, 4) is 0 Å². The molecule has 0 spiro atoms. The number of ether oxygens (including phenoxy) is 1. The number of esters is 1. The summed E-state index contributed by atoms with van der Waals surface area (Å²) in [5.74, 6) is -0.314. The molecule has 0 saturated carbocycles. The second-order valence-corrected chi connectivity index (χ2v) is 4.63. The average Bonchev–Trinajstić information content (AvgIpc) is 2.54. The standard InChI is InChI=1S/C18H19NO2/c1-3-14-5-7-15(8-6-14)13-21-18(20)16-9-11-17(12-10-16)19-4-2/h3,5-12,19H,1,4,13H2,2H3. The molecule has 0 aliphatic carbocycles. The van der Waals surface area contributed by atoms with Gasteiger partial charge in [-0.25, -0.2) is 4.79 Å². The summed E-state index contributed by atoms with van der Waals surface area (Å²) >= 11 is 0. The van der Waals surface area contributed by atoms with Crippen LogP contribution < -0.4 is 5.32 Å². The number of carbonyl (C=O) groups is 1. The highest BCUT2D eigenvalue weighted by Crippen LogP contribution is 2.12. The molecule has 2 rings (SSSR count). The highest BCUT2D eigenvalue weighted by molar-refractivity contribution is 5.89. The summed E-state index contributed by atoms with van der Waals surface area (Å²) in [5, 5.41) is 3.18. The van der Waals surface area contributed by atoms with Gasteiger partial charge < -0.3 is 10.1 Å². The van der Waals surface area contributed by atoms with Gasteiger partial charge in [0.1, 0.15) is 6.61 Å². The molecule has 3 nitrogen and oxygen atoms in total. The molecule has 0 amide bonds. The molecule has 0 heterocycles. The minimum Gasteiger partial charge on any atom is -0.457 e. The van der Waals surface area contributed by atoms with Crippen LogP contribution in [0.3, 0.4) is 0 Å². The Bertz CT molecular complexity index is 600. The highest BCUT2D eigenvalue weighted by atomic mass is 16.5. The molecule has 1 N–H and O–H groups in total. The fraction of sp³-hybridized carbons (Fsp3) is 0.167. The van der Waals surface area contributed by atoms with Crippen molar-refractivity contribution in [1.82, 2.24) is 0 Å². The number of benzene rings is 2. The maximum Gasteiger partial charge on any atom is 0.338 e. The van der Waals surface area contributed by atoms with Gasteiger partial charge in [0.2, 0.25) is 0 Å². The Morgan fingerprint density at radius 1 is 1.14 bits per heavy atom. The number of rotatable bonds is 6. The number of nitrogens with one attached hydrogen (secondary N) is 1. The van der Waals surface area contributed by atoms with Gasteiger partial charge in [-0.05, 0) is 42.3 Å². The van der Waals surface area contributed by atoms with Crippen molar-refractivity contribution in [3.63, 3.8) is 0 Å². The first-order valence-corrected chi connectivity index (χ1v) is 6.95. The van der Waals surface area contributed by atoms with E-state index in [0.717, 1.165) is 23.4 Å². The molecule has 0 fully saturated rings. The molecule has 0 aliphatic rings. The van der Waals surface area contributed by atoms with E-state index >= 15 is 0 Å². The first-order valence-electron chi connectivity index (χ1n) is 6.95. The van der Waals surface area contributed by atoms with Crippen molar-refractivity contribution in [2.45, 2.75) is 13.5 Å². The van der Waals surface area contributed by atoms with Crippen LogP contribution in [-0.4, -0.2) is 12.5 Å². The fourth-order valence-corrected chi connectivity index (χ4v) is 1.91. The second kappa shape index (κ2) is 7.29. The highest BCUT2D eigenvalue weighted by Gasteiger charge is 2.07. The normalized spacial score (nSPS) is 9.95. The largest absolute Gasteiger partial charge is 0.457 e. The van der Waals surface area contributed by atoms with Crippen LogP contribution in [0.5, 0.6) is 0 Å². The van der Waals surface area contributed by atoms with E-state index in [4.69, 9.17) is 4.74 Å². The zero-order valence-corrected chi connectivity index (χ0v) is 12.1. The maximum atomic E-state index is 12.0. The summed E-state index contributed by atoms with van der Waals surface area (Å²) in [6.07, 6.45) is 1.78. The Hall–Kier alpha value is -2.55. The zero-order valence-electron chi connectivity index (χ0n) is 12.1. The lowest BCUT2D eigenvalue weighted by Gasteiger charge is -2.07. The van der Waals surface area contributed by atoms with E-state index in [1.54, 1.807) is 18.2 Å². The molecule has 2 aromatic rings. The van der Waals surface area contributed by atoms with Crippen LogP contribution in [0.15, 0.2) is 55.1 Å². The maximum absolute atomic E-state index is 12.0. The van der Waals surface area contributed by atoms with Gasteiger partial charge in [0.25, 0.3) is 0 Å². The van der Waals surface area contributed by atoms with Gasteiger partial charge in [0, 0.05) is 12.2 Å². The number of carbonyl (C=O) groups excluding carboxylic acids is 1. The van der Waals surface area contributed by atoms with Crippen molar-refractivity contribution in [2.24, 2.45) is 0 Å². The average molecular weight is 281 g/mol. The molecule has 21 heavy (non-hydrogen) atoms. The first-order chi connectivity index (χ1) is 10.2. The molecular formula is C18H19NO2.